The lowest BCUT2D eigenvalue weighted by Crippen LogP contribution is -2.30. The van der Waals surface area contributed by atoms with Crippen LogP contribution in [-0.2, 0) is 20.4 Å². The first-order valence-electron chi connectivity index (χ1n) is 29.1. The summed E-state index contributed by atoms with van der Waals surface area (Å²) in [6.07, 6.45) is 16.1. The molecule has 0 fully saturated rings. The van der Waals surface area contributed by atoms with Crippen LogP contribution in [0, 0.1) is 11.6 Å². The van der Waals surface area contributed by atoms with Gasteiger partial charge < -0.3 is 19.3 Å². The highest BCUT2D eigenvalue weighted by atomic mass is 32.1. The SMILES string of the molecule is CCCCCCOc1cccc(-c2nc3c(-c4ccc(C5=C6C(=O)N(CCCCCC)C(c7ccc(C(C)(C)C)s7)=C6C(=O)N5CCCCCC)s4)c(F)c(F)c(C(C)(C)C)c3nc2-c2cccc(OCCCCCC)c2)c1. The maximum Gasteiger partial charge on any atom is 0.261 e. The van der Waals surface area contributed by atoms with Crippen molar-refractivity contribution >= 4 is 56.9 Å². The maximum absolute atomic E-state index is 17.7. The Morgan fingerprint density at radius 1 is 0.500 bits per heavy atom. The van der Waals surface area contributed by atoms with Gasteiger partial charge in [-0.2, -0.15) is 0 Å². The monoisotopic (exact) mass is 1100 g/mol. The Hall–Kier alpha value is -5.72. The lowest BCUT2D eigenvalue weighted by molar-refractivity contribution is -0.124. The average Bonchev–Trinajstić information content (AvgIpc) is 4.40. The van der Waals surface area contributed by atoms with E-state index in [4.69, 9.17) is 19.4 Å². The van der Waals surface area contributed by atoms with Crippen molar-refractivity contribution in [2.75, 3.05) is 26.3 Å². The summed E-state index contributed by atoms with van der Waals surface area (Å²) in [4.78, 5) is 48.0. The number of fused-ring (bicyclic) bond motifs is 2. The fourth-order valence-electron chi connectivity index (χ4n) is 10.6. The fourth-order valence-corrected chi connectivity index (χ4v) is 12.9. The van der Waals surface area contributed by atoms with E-state index >= 15 is 18.4 Å². The standard InChI is InChI=1S/C66H82F2N4O4S2/c1-11-15-19-23-37-71-61(52-53(64(71)74)62(49-35-36-50(78-49)65(5,6)7)72(63(52)73)38-24-20-16-12-2)48-34-33-47(77-48)51-55(67)56(68)54(66(8,9)10)60-59(51)69-57(43-29-27-31-45(41-43)75-39-25-21-17-13-3)58(70-60)44-30-28-32-46(42-44)76-40-26-22-18-14-4/h27-36,41-42H,11-26,37-40H2,1-10H3. The summed E-state index contributed by atoms with van der Waals surface area (Å²) < 4.78 is 47.7. The molecule has 0 atom stereocenters. The Bertz CT molecular complexity index is 3160. The van der Waals surface area contributed by atoms with Crippen LogP contribution in [0.15, 0.2) is 83.9 Å². The molecule has 5 heterocycles. The van der Waals surface area contributed by atoms with Gasteiger partial charge in [-0.1, -0.05) is 171 Å². The molecule has 0 N–H and O–H groups in total. The van der Waals surface area contributed by atoms with Crippen molar-refractivity contribution in [3.8, 4) is 44.5 Å². The summed E-state index contributed by atoms with van der Waals surface area (Å²) in [6.45, 7) is 22.9. The van der Waals surface area contributed by atoms with Crippen molar-refractivity contribution in [3.05, 3.63) is 116 Å². The normalized spacial score (nSPS) is 14.1. The molecule has 2 aliphatic heterocycles. The molecule has 0 spiro atoms. The summed E-state index contributed by atoms with van der Waals surface area (Å²) in [6, 6.07) is 23.4. The molecule has 12 heteroatoms. The highest BCUT2D eigenvalue weighted by molar-refractivity contribution is 7.16. The predicted molar refractivity (Wildman–Crippen MR) is 320 cm³/mol. The Balaban J connectivity index is 1.33. The summed E-state index contributed by atoms with van der Waals surface area (Å²) in [7, 11) is 0. The van der Waals surface area contributed by atoms with Gasteiger partial charge in [0.25, 0.3) is 11.8 Å². The molecule has 8 nitrogen and oxygen atoms in total. The van der Waals surface area contributed by atoms with Gasteiger partial charge in [-0.25, -0.2) is 18.7 Å². The molecule has 2 aliphatic rings. The number of halogens is 2. The van der Waals surface area contributed by atoms with Crippen molar-refractivity contribution < 1.29 is 27.8 Å². The Labute approximate surface area is 471 Å². The molecule has 8 rings (SSSR count). The molecular formula is C66H82F2N4O4S2. The Morgan fingerprint density at radius 3 is 1.41 bits per heavy atom. The highest BCUT2D eigenvalue weighted by Gasteiger charge is 2.49. The molecule has 78 heavy (non-hydrogen) atoms. The van der Waals surface area contributed by atoms with E-state index < -0.39 is 17.0 Å². The quantitative estimate of drug-likeness (QED) is 0.0478. The van der Waals surface area contributed by atoms with Gasteiger partial charge in [0, 0.05) is 39.5 Å². The number of carbonyl (C=O) groups excluding carboxylic acids is 2. The zero-order chi connectivity index (χ0) is 55.7. The van der Waals surface area contributed by atoms with E-state index in [9.17, 15) is 0 Å². The number of ether oxygens (including phenoxy) is 2. The third-order valence-corrected chi connectivity index (χ3v) is 17.4. The van der Waals surface area contributed by atoms with Crippen molar-refractivity contribution in [3.63, 3.8) is 0 Å². The van der Waals surface area contributed by atoms with Crippen LogP contribution >= 0.6 is 22.7 Å². The molecular weight excluding hydrogens is 1010 g/mol. The van der Waals surface area contributed by atoms with Crippen LogP contribution < -0.4 is 9.47 Å². The molecule has 6 aromatic rings. The van der Waals surface area contributed by atoms with E-state index in [1.54, 1.807) is 22.3 Å². The fraction of sp³-hybridized carbons (Fsp3) is 0.485. The van der Waals surface area contributed by atoms with Gasteiger partial charge in [-0.3, -0.25) is 9.59 Å². The second-order valence-electron chi connectivity index (χ2n) is 23.2. The van der Waals surface area contributed by atoms with Crippen LogP contribution in [0.25, 0.3) is 55.4 Å². The number of benzene rings is 3. The number of nitrogens with zero attached hydrogens (tertiary/aromatic N) is 4. The number of aromatic nitrogens is 2. The minimum atomic E-state index is -1.03. The lowest BCUT2D eigenvalue weighted by atomic mass is 9.84. The average molecular weight is 1100 g/mol. The smallest absolute Gasteiger partial charge is 0.261 e. The van der Waals surface area contributed by atoms with Crippen molar-refractivity contribution in [2.24, 2.45) is 0 Å². The van der Waals surface area contributed by atoms with E-state index in [1.807, 2.05) is 80.3 Å². The topological polar surface area (TPSA) is 84.9 Å². The predicted octanol–water partition coefficient (Wildman–Crippen LogP) is 18.5. The molecule has 2 amide bonds. The lowest BCUT2D eigenvalue weighted by Gasteiger charge is -2.25. The third-order valence-electron chi connectivity index (χ3n) is 14.8. The second-order valence-corrected chi connectivity index (χ2v) is 25.3. The molecule has 3 aromatic carbocycles. The van der Waals surface area contributed by atoms with Gasteiger partial charge in [0.05, 0.1) is 68.0 Å². The highest BCUT2D eigenvalue weighted by Crippen LogP contribution is 2.51. The zero-order valence-electron chi connectivity index (χ0n) is 48.1. The van der Waals surface area contributed by atoms with Crippen LogP contribution in [0.2, 0.25) is 0 Å². The van der Waals surface area contributed by atoms with E-state index in [2.05, 4.69) is 60.6 Å². The molecule has 0 unspecified atom stereocenters. The van der Waals surface area contributed by atoms with Crippen molar-refractivity contribution in [2.45, 2.75) is 183 Å². The number of unbranched alkanes of at least 4 members (excludes halogenated alkanes) is 12. The number of carbonyl (C=O) groups is 2. The minimum absolute atomic E-state index is 0.0241. The zero-order valence-corrected chi connectivity index (χ0v) is 49.7. The van der Waals surface area contributed by atoms with Gasteiger partial charge >= 0.3 is 0 Å². The second kappa shape index (κ2) is 26.0. The number of rotatable bonds is 27. The van der Waals surface area contributed by atoms with Gasteiger partial charge in [-0.05, 0) is 85.0 Å². The van der Waals surface area contributed by atoms with E-state index in [1.165, 1.54) is 16.2 Å². The van der Waals surface area contributed by atoms with Gasteiger partial charge in [0.15, 0.2) is 11.6 Å². The Kier molecular flexibility index (Phi) is 19.5. The molecule has 0 bridgehead atoms. The molecule has 0 saturated heterocycles. The summed E-state index contributed by atoms with van der Waals surface area (Å²) in [5.74, 6) is -1.06. The first-order valence-corrected chi connectivity index (χ1v) is 30.7. The number of amides is 2. The van der Waals surface area contributed by atoms with Crippen LogP contribution in [0.5, 0.6) is 11.5 Å². The molecule has 3 aromatic heterocycles. The van der Waals surface area contributed by atoms with Crippen LogP contribution in [0.3, 0.4) is 0 Å². The molecule has 0 aliphatic carbocycles. The summed E-state index contributed by atoms with van der Waals surface area (Å²) in [5.41, 5.74) is 3.96. The maximum atomic E-state index is 17.7. The number of thiophene rings is 2. The van der Waals surface area contributed by atoms with Gasteiger partial charge in [0.1, 0.15) is 17.0 Å². The molecule has 0 radical (unpaired) electrons. The minimum Gasteiger partial charge on any atom is -0.494 e. The molecule has 416 valence electrons. The van der Waals surface area contributed by atoms with E-state index in [0.29, 0.717) is 87.0 Å². The van der Waals surface area contributed by atoms with Gasteiger partial charge in [0.2, 0.25) is 0 Å². The first kappa shape index (κ1) is 58.4. The first-order chi connectivity index (χ1) is 37.5. The van der Waals surface area contributed by atoms with Gasteiger partial charge in [-0.15, -0.1) is 22.7 Å². The van der Waals surface area contributed by atoms with Crippen LogP contribution in [0.4, 0.5) is 8.78 Å². The summed E-state index contributed by atoms with van der Waals surface area (Å²) >= 11 is 2.88. The summed E-state index contributed by atoms with van der Waals surface area (Å²) in [5, 5.41) is 0. The molecule has 0 saturated carbocycles. The van der Waals surface area contributed by atoms with Crippen LogP contribution in [0.1, 0.15) is 192 Å². The van der Waals surface area contributed by atoms with E-state index in [0.717, 1.165) is 113 Å². The van der Waals surface area contributed by atoms with E-state index in [-0.39, 0.29) is 39.4 Å². The largest absolute Gasteiger partial charge is 0.494 e. The van der Waals surface area contributed by atoms with Crippen molar-refractivity contribution in [1.29, 1.82) is 0 Å². The Morgan fingerprint density at radius 2 is 0.949 bits per heavy atom. The van der Waals surface area contributed by atoms with Crippen LogP contribution in [-0.4, -0.2) is 57.9 Å². The third kappa shape index (κ3) is 12.8. The number of hydrogen-bond donors (Lipinski definition) is 0. The number of hydrogen-bond acceptors (Lipinski definition) is 8. The van der Waals surface area contributed by atoms with Crippen molar-refractivity contribution in [1.82, 2.24) is 19.8 Å².